The maximum Gasteiger partial charge on any atom is 0.222 e. The van der Waals surface area contributed by atoms with Crippen LogP contribution in [-0.2, 0) is 27.4 Å². The molecule has 2 saturated heterocycles. The van der Waals surface area contributed by atoms with Gasteiger partial charge in [0.1, 0.15) is 0 Å². The highest BCUT2D eigenvalue weighted by molar-refractivity contribution is 14.0. The topological polar surface area (TPSA) is 75.2 Å². The Hall–Kier alpha value is -1.39. The summed E-state index contributed by atoms with van der Waals surface area (Å²) in [7, 11) is 1.78. The SMILES string of the molecule is CN=C(NCCCOCC1CCCO1)NCc1cccc(CN2CCCC2=O)c1.I. The van der Waals surface area contributed by atoms with E-state index in [4.69, 9.17) is 9.47 Å². The van der Waals surface area contributed by atoms with Gasteiger partial charge in [-0.1, -0.05) is 24.3 Å². The number of hydrogen-bond acceptors (Lipinski definition) is 4. The molecule has 1 aromatic carbocycles. The zero-order valence-electron chi connectivity index (χ0n) is 17.9. The van der Waals surface area contributed by atoms with Gasteiger partial charge < -0.3 is 25.0 Å². The highest BCUT2D eigenvalue weighted by Gasteiger charge is 2.20. The number of amides is 1. The molecule has 1 aromatic rings. The minimum atomic E-state index is 0. The molecule has 1 amide bonds. The van der Waals surface area contributed by atoms with E-state index in [1.54, 1.807) is 7.05 Å². The third-order valence-electron chi connectivity index (χ3n) is 5.31. The van der Waals surface area contributed by atoms with Gasteiger partial charge in [-0.2, -0.15) is 0 Å². The first-order valence-corrected chi connectivity index (χ1v) is 10.7. The van der Waals surface area contributed by atoms with E-state index in [9.17, 15) is 4.79 Å². The lowest BCUT2D eigenvalue weighted by Crippen LogP contribution is -2.37. The molecule has 3 rings (SSSR count). The molecule has 30 heavy (non-hydrogen) atoms. The second-order valence-corrected chi connectivity index (χ2v) is 7.65. The monoisotopic (exact) mass is 530 g/mol. The van der Waals surface area contributed by atoms with Crippen molar-refractivity contribution in [1.82, 2.24) is 15.5 Å². The van der Waals surface area contributed by atoms with Crippen molar-refractivity contribution in [3.05, 3.63) is 35.4 Å². The standard InChI is InChI=1S/C22H34N4O3.HI/c1-23-22(24-10-5-12-28-17-20-8-4-13-29-20)25-15-18-6-2-7-19(14-18)16-26-11-3-9-21(26)27;/h2,6-7,14,20H,3-5,8-13,15-17H2,1H3,(H2,23,24,25);1H. The lowest BCUT2D eigenvalue weighted by atomic mass is 10.1. The molecule has 0 saturated carbocycles. The van der Waals surface area contributed by atoms with E-state index in [1.807, 2.05) is 4.90 Å². The Morgan fingerprint density at radius 2 is 2.17 bits per heavy atom. The number of nitrogens with zero attached hydrogens (tertiary/aromatic N) is 2. The summed E-state index contributed by atoms with van der Waals surface area (Å²) >= 11 is 0. The minimum Gasteiger partial charge on any atom is -0.379 e. The van der Waals surface area contributed by atoms with Gasteiger partial charge >= 0.3 is 0 Å². The summed E-state index contributed by atoms with van der Waals surface area (Å²) in [6.45, 7) is 5.37. The van der Waals surface area contributed by atoms with Crippen molar-refractivity contribution in [1.29, 1.82) is 0 Å². The fourth-order valence-electron chi connectivity index (χ4n) is 3.71. The molecule has 2 aliphatic heterocycles. The lowest BCUT2D eigenvalue weighted by Gasteiger charge is -2.16. The van der Waals surface area contributed by atoms with Gasteiger partial charge in [0.15, 0.2) is 5.96 Å². The Labute approximate surface area is 197 Å². The van der Waals surface area contributed by atoms with Crippen LogP contribution >= 0.6 is 24.0 Å². The number of rotatable bonds is 10. The van der Waals surface area contributed by atoms with Crippen molar-refractivity contribution in [2.24, 2.45) is 4.99 Å². The van der Waals surface area contributed by atoms with Crippen LogP contribution in [0.1, 0.15) is 43.2 Å². The largest absolute Gasteiger partial charge is 0.379 e. The minimum absolute atomic E-state index is 0. The quantitative estimate of drug-likeness (QED) is 0.211. The number of nitrogens with one attached hydrogen (secondary N) is 2. The predicted octanol–water partition coefficient (Wildman–Crippen LogP) is 2.68. The summed E-state index contributed by atoms with van der Waals surface area (Å²) in [6.07, 6.45) is 5.13. The van der Waals surface area contributed by atoms with E-state index in [1.165, 1.54) is 11.1 Å². The highest BCUT2D eigenvalue weighted by atomic mass is 127. The number of carbonyl (C=O) groups excluding carboxylic acids is 1. The van der Waals surface area contributed by atoms with E-state index < -0.39 is 0 Å². The number of benzene rings is 1. The number of aliphatic imine (C=N–C) groups is 1. The summed E-state index contributed by atoms with van der Waals surface area (Å²) in [5.74, 6) is 1.04. The van der Waals surface area contributed by atoms with Crippen LogP contribution in [0.5, 0.6) is 0 Å². The maximum absolute atomic E-state index is 11.8. The van der Waals surface area contributed by atoms with Crippen LogP contribution in [0.2, 0.25) is 0 Å². The fraction of sp³-hybridized carbons (Fsp3) is 0.636. The molecule has 8 heteroatoms. The predicted molar refractivity (Wildman–Crippen MR) is 129 cm³/mol. The van der Waals surface area contributed by atoms with Gasteiger partial charge in [0, 0.05) is 52.9 Å². The van der Waals surface area contributed by atoms with E-state index >= 15 is 0 Å². The molecule has 1 atom stereocenters. The molecule has 0 aliphatic carbocycles. The average molecular weight is 530 g/mol. The summed E-state index contributed by atoms with van der Waals surface area (Å²) in [4.78, 5) is 18.0. The molecule has 1 unspecified atom stereocenters. The molecule has 0 spiro atoms. The van der Waals surface area contributed by atoms with E-state index in [-0.39, 0.29) is 36.0 Å². The Kier molecular flexibility index (Phi) is 11.5. The molecule has 0 radical (unpaired) electrons. The summed E-state index contributed by atoms with van der Waals surface area (Å²) in [5.41, 5.74) is 2.35. The van der Waals surface area contributed by atoms with Crippen molar-refractivity contribution >= 4 is 35.8 Å². The molecule has 168 valence electrons. The maximum atomic E-state index is 11.8. The van der Waals surface area contributed by atoms with Crippen LogP contribution in [0.3, 0.4) is 0 Å². The summed E-state index contributed by atoms with van der Waals surface area (Å²) in [5, 5.41) is 6.67. The Morgan fingerprint density at radius 1 is 1.30 bits per heavy atom. The van der Waals surface area contributed by atoms with Gasteiger partial charge in [0.05, 0.1) is 12.7 Å². The van der Waals surface area contributed by atoms with Crippen LogP contribution in [0.4, 0.5) is 0 Å². The molecule has 2 heterocycles. The zero-order chi connectivity index (χ0) is 20.3. The van der Waals surface area contributed by atoms with Crippen LogP contribution in [-0.4, -0.2) is 62.8 Å². The Balaban J connectivity index is 0.00000320. The van der Waals surface area contributed by atoms with Crippen LogP contribution in [0.25, 0.3) is 0 Å². The number of guanidine groups is 1. The molecule has 2 N–H and O–H groups in total. The second kappa shape index (κ2) is 13.8. The van der Waals surface area contributed by atoms with Gasteiger partial charge in [0.2, 0.25) is 5.91 Å². The van der Waals surface area contributed by atoms with E-state index in [0.717, 1.165) is 57.9 Å². The van der Waals surface area contributed by atoms with Gasteiger partial charge in [-0.05, 0) is 36.8 Å². The lowest BCUT2D eigenvalue weighted by molar-refractivity contribution is -0.128. The van der Waals surface area contributed by atoms with Crippen LogP contribution in [0, 0.1) is 0 Å². The van der Waals surface area contributed by atoms with E-state index in [2.05, 4.69) is 39.9 Å². The van der Waals surface area contributed by atoms with Crippen molar-refractivity contribution in [3.63, 3.8) is 0 Å². The number of likely N-dealkylation sites (tertiary alicyclic amines) is 1. The number of halogens is 1. The number of ether oxygens (including phenoxy) is 2. The smallest absolute Gasteiger partial charge is 0.222 e. The number of hydrogen-bond donors (Lipinski definition) is 2. The molecule has 0 bridgehead atoms. The first-order chi connectivity index (χ1) is 14.2. The average Bonchev–Trinajstić information content (AvgIpc) is 3.39. The highest BCUT2D eigenvalue weighted by Crippen LogP contribution is 2.15. The van der Waals surface area contributed by atoms with Crippen molar-refractivity contribution < 1.29 is 14.3 Å². The Bertz CT molecular complexity index is 680. The molecule has 2 aliphatic rings. The molecule has 7 nitrogen and oxygen atoms in total. The first-order valence-electron chi connectivity index (χ1n) is 10.7. The van der Waals surface area contributed by atoms with Crippen molar-refractivity contribution in [3.8, 4) is 0 Å². The van der Waals surface area contributed by atoms with Gasteiger partial charge in [-0.3, -0.25) is 9.79 Å². The fourth-order valence-corrected chi connectivity index (χ4v) is 3.71. The van der Waals surface area contributed by atoms with Gasteiger partial charge in [-0.25, -0.2) is 0 Å². The third-order valence-corrected chi connectivity index (χ3v) is 5.31. The second-order valence-electron chi connectivity index (χ2n) is 7.65. The molecular formula is C22H35IN4O3. The number of carbonyl (C=O) groups is 1. The normalized spacial score (nSPS) is 19.1. The van der Waals surface area contributed by atoms with Crippen LogP contribution in [0.15, 0.2) is 29.3 Å². The Morgan fingerprint density at radius 3 is 2.90 bits per heavy atom. The van der Waals surface area contributed by atoms with E-state index in [0.29, 0.717) is 26.1 Å². The summed E-state index contributed by atoms with van der Waals surface area (Å²) < 4.78 is 11.2. The zero-order valence-corrected chi connectivity index (χ0v) is 20.2. The summed E-state index contributed by atoms with van der Waals surface area (Å²) in [6, 6.07) is 8.38. The first kappa shape index (κ1) is 24.9. The van der Waals surface area contributed by atoms with Crippen LogP contribution < -0.4 is 10.6 Å². The third kappa shape index (κ3) is 8.39. The van der Waals surface area contributed by atoms with Gasteiger partial charge in [-0.15, -0.1) is 24.0 Å². The van der Waals surface area contributed by atoms with Gasteiger partial charge in [0.25, 0.3) is 0 Å². The molecular weight excluding hydrogens is 495 g/mol. The van der Waals surface area contributed by atoms with Crippen molar-refractivity contribution in [2.45, 2.75) is 51.3 Å². The molecule has 2 fully saturated rings. The molecule has 0 aromatic heterocycles. The van der Waals surface area contributed by atoms with Crippen molar-refractivity contribution in [2.75, 3.05) is 40.0 Å².